The molecule has 0 unspecified atom stereocenters. The Hall–Kier alpha value is -2.02. The highest BCUT2D eigenvalue weighted by atomic mass is 79.9. The van der Waals surface area contributed by atoms with Crippen molar-refractivity contribution in [1.29, 1.82) is 0 Å². The van der Waals surface area contributed by atoms with Gasteiger partial charge in [0.2, 0.25) is 0 Å². The number of hydrogen-bond acceptors (Lipinski definition) is 4. The van der Waals surface area contributed by atoms with Crippen molar-refractivity contribution in [2.24, 2.45) is 7.05 Å². The van der Waals surface area contributed by atoms with Crippen LogP contribution in [0.4, 0.5) is 5.69 Å². The zero-order chi connectivity index (χ0) is 14.1. The predicted molar refractivity (Wildman–Crippen MR) is 76.3 cm³/mol. The average molecular weight is 338 g/mol. The molecule has 0 fully saturated rings. The highest BCUT2D eigenvalue weighted by Crippen LogP contribution is 2.38. The monoisotopic (exact) mass is 337 g/mol. The third-order valence-corrected chi connectivity index (χ3v) is 3.50. The van der Waals surface area contributed by atoms with Gasteiger partial charge in [-0.15, -0.1) is 0 Å². The fourth-order valence-corrected chi connectivity index (χ4v) is 2.31. The minimum Gasteiger partial charge on any atom is -0.486 e. The van der Waals surface area contributed by atoms with E-state index in [-0.39, 0.29) is 5.91 Å². The number of halogens is 1. The van der Waals surface area contributed by atoms with E-state index in [0.29, 0.717) is 36.0 Å². The van der Waals surface area contributed by atoms with Crippen LogP contribution in [-0.2, 0) is 7.05 Å². The van der Waals surface area contributed by atoms with E-state index in [4.69, 9.17) is 9.47 Å². The first-order chi connectivity index (χ1) is 9.63. The summed E-state index contributed by atoms with van der Waals surface area (Å²) in [6.07, 6.45) is 3.17. The van der Waals surface area contributed by atoms with Crippen molar-refractivity contribution in [1.82, 2.24) is 9.78 Å². The molecule has 0 aliphatic carbocycles. The van der Waals surface area contributed by atoms with Crippen LogP contribution in [0.1, 0.15) is 10.4 Å². The molecule has 0 saturated heterocycles. The minimum absolute atomic E-state index is 0.226. The zero-order valence-corrected chi connectivity index (χ0v) is 12.3. The molecule has 20 heavy (non-hydrogen) atoms. The SMILES string of the molecule is Cn1cc(C(=O)Nc2cc3c(cc2Br)OCCO3)cn1. The van der Waals surface area contributed by atoms with Crippen molar-refractivity contribution < 1.29 is 14.3 Å². The molecule has 1 amide bonds. The second kappa shape index (κ2) is 5.16. The van der Waals surface area contributed by atoms with Gasteiger partial charge in [-0.2, -0.15) is 5.10 Å². The molecular weight excluding hydrogens is 326 g/mol. The summed E-state index contributed by atoms with van der Waals surface area (Å²) in [6, 6.07) is 3.53. The Labute approximate surface area is 123 Å². The van der Waals surface area contributed by atoms with Gasteiger partial charge < -0.3 is 14.8 Å². The maximum absolute atomic E-state index is 12.1. The summed E-state index contributed by atoms with van der Waals surface area (Å²) in [5, 5.41) is 6.79. The van der Waals surface area contributed by atoms with Crippen LogP contribution in [0.5, 0.6) is 11.5 Å². The number of amides is 1. The van der Waals surface area contributed by atoms with Gasteiger partial charge in [0.15, 0.2) is 11.5 Å². The van der Waals surface area contributed by atoms with E-state index in [9.17, 15) is 4.79 Å². The van der Waals surface area contributed by atoms with Gasteiger partial charge in [-0.1, -0.05) is 0 Å². The summed E-state index contributed by atoms with van der Waals surface area (Å²) >= 11 is 3.41. The molecule has 104 valence electrons. The highest BCUT2D eigenvalue weighted by molar-refractivity contribution is 9.10. The van der Waals surface area contributed by atoms with Crippen LogP contribution in [-0.4, -0.2) is 28.9 Å². The number of aryl methyl sites for hydroxylation is 1. The number of anilines is 1. The van der Waals surface area contributed by atoms with Gasteiger partial charge in [0.25, 0.3) is 5.91 Å². The average Bonchev–Trinajstić information content (AvgIpc) is 2.86. The molecule has 0 saturated carbocycles. The lowest BCUT2D eigenvalue weighted by Crippen LogP contribution is -2.16. The smallest absolute Gasteiger partial charge is 0.258 e. The van der Waals surface area contributed by atoms with Crippen LogP contribution < -0.4 is 14.8 Å². The molecule has 1 aromatic carbocycles. The van der Waals surface area contributed by atoms with Crippen LogP contribution in [0.2, 0.25) is 0 Å². The van der Waals surface area contributed by atoms with E-state index < -0.39 is 0 Å². The molecular formula is C13H12BrN3O3. The van der Waals surface area contributed by atoms with E-state index in [1.165, 1.54) is 6.20 Å². The molecule has 6 nitrogen and oxygen atoms in total. The number of ether oxygens (including phenoxy) is 2. The quantitative estimate of drug-likeness (QED) is 0.912. The Morgan fingerprint density at radius 2 is 2.05 bits per heavy atom. The van der Waals surface area contributed by atoms with Crippen LogP contribution >= 0.6 is 15.9 Å². The number of nitrogens with one attached hydrogen (secondary N) is 1. The lowest BCUT2D eigenvalue weighted by molar-refractivity contribution is 0.102. The molecule has 2 heterocycles. The lowest BCUT2D eigenvalue weighted by atomic mass is 10.2. The molecule has 1 N–H and O–H groups in total. The summed E-state index contributed by atoms with van der Waals surface area (Å²) in [4.78, 5) is 12.1. The van der Waals surface area contributed by atoms with Crippen LogP contribution in [0, 0.1) is 0 Å². The van der Waals surface area contributed by atoms with E-state index in [0.717, 1.165) is 4.47 Å². The van der Waals surface area contributed by atoms with Crippen molar-refractivity contribution in [3.8, 4) is 11.5 Å². The molecule has 2 aromatic rings. The third-order valence-electron chi connectivity index (χ3n) is 2.85. The van der Waals surface area contributed by atoms with Crippen molar-refractivity contribution in [2.75, 3.05) is 18.5 Å². The Morgan fingerprint density at radius 3 is 2.70 bits per heavy atom. The normalized spacial score (nSPS) is 13.1. The predicted octanol–water partition coefficient (Wildman–Crippen LogP) is 2.21. The number of carbonyl (C=O) groups excluding carboxylic acids is 1. The molecule has 7 heteroatoms. The number of aromatic nitrogens is 2. The van der Waals surface area contributed by atoms with Crippen LogP contribution in [0.15, 0.2) is 29.0 Å². The van der Waals surface area contributed by atoms with E-state index in [1.54, 1.807) is 30.1 Å². The summed E-state index contributed by atoms with van der Waals surface area (Å²) < 4.78 is 13.3. The first-order valence-corrected chi connectivity index (χ1v) is 6.82. The fourth-order valence-electron chi connectivity index (χ4n) is 1.89. The topological polar surface area (TPSA) is 65.4 Å². The second-order valence-electron chi connectivity index (χ2n) is 4.33. The standard InChI is InChI=1S/C13H12BrN3O3/c1-17-7-8(6-15-17)13(18)16-10-5-12-11(4-9(10)14)19-2-3-20-12/h4-7H,2-3H2,1H3,(H,16,18). The molecule has 3 rings (SSSR count). The Balaban J connectivity index is 1.85. The van der Waals surface area contributed by atoms with E-state index >= 15 is 0 Å². The Kier molecular flexibility index (Phi) is 3.35. The summed E-state index contributed by atoms with van der Waals surface area (Å²) in [7, 11) is 1.76. The number of nitrogens with zero attached hydrogens (tertiary/aromatic N) is 2. The van der Waals surface area contributed by atoms with Gasteiger partial charge in [0, 0.05) is 29.8 Å². The molecule has 1 aliphatic heterocycles. The second-order valence-corrected chi connectivity index (χ2v) is 5.19. The first-order valence-electron chi connectivity index (χ1n) is 6.02. The van der Waals surface area contributed by atoms with Gasteiger partial charge in [-0.05, 0) is 15.9 Å². The third kappa shape index (κ3) is 2.49. The van der Waals surface area contributed by atoms with E-state index in [2.05, 4.69) is 26.3 Å². The van der Waals surface area contributed by atoms with Crippen LogP contribution in [0.3, 0.4) is 0 Å². The molecule has 0 radical (unpaired) electrons. The number of fused-ring (bicyclic) bond motifs is 1. The zero-order valence-electron chi connectivity index (χ0n) is 10.7. The molecule has 0 atom stereocenters. The first kappa shape index (κ1) is 13.0. The van der Waals surface area contributed by atoms with Crippen molar-refractivity contribution in [3.63, 3.8) is 0 Å². The summed E-state index contributed by atoms with van der Waals surface area (Å²) in [5.41, 5.74) is 1.12. The van der Waals surface area contributed by atoms with Gasteiger partial charge in [0.05, 0.1) is 17.4 Å². The molecule has 0 spiro atoms. The number of rotatable bonds is 2. The van der Waals surface area contributed by atoms with E-state index in [1.807, 2.05) is 0 Å². The van der Waals surface area contributed by atoms with Crippen molar-refractivity contribution in [3.05, 3.63) is 34.6 Å². The fraction of sp³-hybridized carbons (Fsp3) is 0.231. The minimum atomic E-state index is -0.226. The van der Waals surface area contributed by atoms with Gasteiger partial charge in [-0.25, -0.2) is 0 Å². The largest absolute Gasteiger partial charge is 0.486 e. The van der Waals surface area contributed by atoms with Gasteiger partial charge >= 0.3 is 0 Å². The summed E-state index contributed by atoms with van der Waals surface area (Å²) in [6.45, 7) is 1.03. The Morgan fingerprint density at radius 1 is 1.35 bits per heavy atom. The maximum atomic E-state index is 12.1. The van der Waals surface area contributed by atoms with Gasteiger partial charge in [-0.3, -0.25) is 9.48 Å². The van der Waals surface area contributed by atoms with Crippen molar-refractivity contribution in [2.45, 2.75) is 0 Å². The summed E-state index contributed by atoms with van der Waals surface area (Å²) in [5.74, 6) is 1.07. The van der Waals surface area contributed by atoms with Gasteiger partial charge in [0.1, 0.15) is 13.2 Å². The van der Waals surface area contributed by atoms with Crippen LogP contribution in [0.25, 0.3) is 0 Å². The number of benzene rings is 1. The van der Waals surface area contributed by atoms with Crippen molar-refractivity contribution >= 4 is 27.5 Å². The highest BCUT2D eigenvalue weighted by Gasteiger charge is 2.17. The lowest BCUT2D eigenvalue weighted by Gasteiger charge is -2.20. The Bertz CT molecular complexity index is 669. The maximum Gasteiger partial charge on any atom is 0.258 e. The molecule has 1 aromatic heterocycles. The number of carbonyl (C=O) groups is 1. The molecule has 0 bridgehead atoms. The number of hydrogen-bond donors (Lipinski definition) is 1. The molecule has 1 aliphatic rings.